The van der Waals surface area contributed by atoms with Gasteiger partial charge in [-0.25, -0.2) is 9.97 Å². The molecule has 146 valence electrons. The number of nitriles is 1. The standard InChI is InChI=1S/C20H24N6O2/c1-13-22-12-17(24-13)20(27)26-7-4-15(5-8-26)19-16(6-9-28-19)25-18-3-2-14(10-21)11-23-18/h2-3,11-12,15-16,19H,4-9H2,1H3,(H,22,24)(H,23,25)/t16-,19+/m1/s1. The third kappa shape index (κ3) is 3.85. The fraction of sp³-hybridized carbons (Fsp3) is 0.500. The summed E-state index contributed by atoms with van der Waals surface area (Å²) in [6.45, 7) is 4.02. The molecule has 0 spiro atoms. The minimum absolute atomic E-state index is 0.0165. The van der Waals surface area contributed by atoms with Crippen LogP contribution in [0.3, 0.4) is 0 Å². The normalized spacial score (nSPS) is 22.8. The van der Waals surface area contributed by atoms with Gasteiger partial charge in [0.2, 0.25) is 0 Å². The van der Waals surface area contributed by atoms with Crippen LogP contribution in [0.15, 0.2) is 24.5 Å². The van der Waals surface area contributed by atoms with E-state index < -0.39 is 0 Å². The van der Waals surface area contributed by atoms with Crippen LogP contribution in [0.4, 0.5) is 5.82 Å². The van der Waals surface area contributed by atoms with Gasteiger partial charge in [-0.3, -0.25) is 4.79 Å². The van der Waals surface area contributed by atoms with Crippen LogP contribution in [0, 0.1) is 24.2 Å². The van der Waals surface area contributed by atoms with Gasteiger partial charge in [0.25, 0.3) is 5.91 Å². The highest BCUT2D eigenvalue weighted by Gasteiger charge is 2.37. The maximum Gasteiger partial charge on any atom is 0.271 e. The van der Waals surface area contributed by atoms with Crippen molar-refractivity contribution in [3.8, 4) is 6.07 Å². The number of pyridine rings is 1. The number of hydrogen-bond acceptors (Lipinski definition) is 6. The first-order valence-corrected chi connectivity index (χ1v) is 9.69. The molecule has 0 aromatic carbocycles. The van der Waals surface area contributed by atoms with Gasteiger partial charge in [-0.15, -0.1) is 0 Å². The summed E-state index contributed by atoms with van der Waals surface area (Å²) in [7, 11) is 0. The number of rotatable bonds is 4. The molecular weight excluding hydrogens is 356 g/mol. The number of aromatic amines is 1. The van der Waals surface area contributed by atoms with Crippen molar-refractivity contribution in [3.63, 3.8) is 0 Å². The number of anilines is 1. The molecule has 4 heterocycles. The van der Waals surface area contributed by atoms with Crippen molar-refractivity contribution in [1.82, 2.24) is 19.9 Å². The summed E-state index contributed by atoms with van der Waals surface area (Å²) < 4.78 is 6.04. The summed E-state index contributed by atoms with van der Waals surface area (Å²) in [6.07, 6.45) is 6.07. The Morgan fingerprint density at radius 2 is 2.11 bits per heavy atom. The van der Waals surface area contributed by atoms with Crippen LogP contribution < -0.4 is 5.32 Å². The van der Waals surface area contributed by atoms with Gasteiger partial charge < -0.3 is 19.9 Å². The Balaban J connectivity index is 1.34. The van der Waals surface area contributed by atoms with E-state index in [-0.39, 0.29) is 18.1 Å². The van der Waals surface area contributed by atoms with E-state index >= 15 is 0 Å². The van der Waals surface area contributed by atoms with E-state index in [0.717, 1.165) is 50.6 Å². The van der Waals surface area contributed by atoms with Gasteiger partial charge >= 0.3 is 0 Å². The highest BCUT2D eigenvalue weighted by atomic mass is 16.5. The van der Waals surface area contributed by atoms with E-state index in [9.17, 15) is 4.79 Å². The van der Waals surface area contributed by atoms with Gasteiger partial charge in [-0.05, 0) is 44.2 Å². The smallest absolute Gasteiger partial charge is 0.271 e. The summed E-state index contributed by atoms with van der Waals surface area (Å²) in [4.78, 5) is 25.9. The molecule has 2 saturated heterocycles. The lowest BCUT2D eigenvalue weighted by molar-refractivity contribution is 0.0259. The lowest BCUT2D eigenvalue weighted by Crippen LogP contribution is -2.44. The van der Waals surface area contributed by atoms with Crippen LogP contribution in [-0.4, -0.2) is 57.6 Å². The summed E-state index contributed by atoms with van der Waals surface area (Å²) in [5, 5.41) is 12.4. The van der Waals surface area contributed by atoms with Gasteiger partial charge in [0.15, 0.2) is 0 Å². The van der Waals surface area contributed by atoms with Gasteiger partial charge in [0.05, 0.1) is 23.9 Å². The highest BCUT2D eigenvalue weighted by Crippen LogP contribution is 2.31. The monoisotopic (exact) mass is 380 g/mol. The number of imidazole rings is 1. The maximum atomic E-state index is 12.6. The van der Waals surface area contributed by atoms with E-state index in [1.54, 1.807) is 18.5 Å². The molecule has 0 unspecified atom stereocenters. The van der Waals surface area contributed by atoms with E-state index in [2.05, 4.69) is 26.3 Å². The first-order chi connectivity index (χ1) is 13.6. The molecule has 4 rings (SSSR count). The lowest BCUT2D eigenvalue weighted by Gasteiger charge is -2.36. The first kappa shape index (κ1) is 18.4. The maximum absolute atomic E-state index is 12.6. The summed E-state index contributed by atoms with van der Waals surface area (Å²) >= 11 is 0. The van der Waals surface area contributed by atoms with Crippen molar-refractivity contribution in [2.45, 2.75) is 38.3 Å². The number of nitrogens with one attached hydrogen (secondary N) is 2. The van der Waals surface area contributed by atoms with E-state index in [0.29, 0.717) is 17.2 Å². The molecule has 2 aromatic heterocycles. The Labute approximate surface area is 163 Å². The zero-order chi connectivity index (χ0) is 19.5. The van der Waals surface area contributed by atoms with Crippen molar-refractivity contribution in [2.75, 3.05) is 25.0 Å². The number of ether oxygens (including phenoxy) is 1. The molecule has 28 heavy (non-hydrogen) atoms. The molecule has 0 aliphatic carbocycles. The van der Waals surface area contributed by atoms with E-state index in [1.807, 2.05) is 17.9 Å². The predicted octanol–water partition coefficient (Wildman–Crippen LogP) is 2.11. The molecule has 2 aliphatic heterocycles. The second-order valence-electron chi connectivity index (χ2n) is 7.43. The van der Waals surface area contributed by atoms with Crippen LogP contribution in [0.5, 0.6) is 0 Å². The van der Waals surface area contributed by atoms with Crippen LogP contribution in [0.25, 0.3) is 0 Å². The fourth-order valence-electron chi connectivity index (χ4n) is 4.10. The molecular formula is C20H24N6O2. The second kappa shape index (κ2) is 7.98. The zero-order valence-electron chi connectivity index (χ0n) is 15.9. The molecule has 0 bridgehead atoms. The Kier molecular flexibility index (Phi) is 5.26. The van der Waals surface area contributed by atoms with Crippen LogP contribution in [0.2, 0.25) is 0 Å². The van der Waals surface area contributed by atoms with Crippen LogP contribution in [-0.2, 0) is 4.74 Å². The number of piperidine rings is 1. The van der Waals surface area contributed by atoms with Crippen molar-refractivity contribution in [2.24, 2.45) is 5.92 Å². The first-order valence-electron chi connectivity index (χ1n) is 9.69. The lowest BCUT2D eigenvalue weighted by atomic mass is 9.87. The van der Waals surface area contributed by atoms with Gasteiger partial charge in [-0.2, -0.15) is 5.26 Å². The number of amides is 1. The van der Waals surface area contributed by atoms with Crippen molar-refractivity contribution in [1.29, 1.82) is 5.26 Å². The molecule has 2 fully saturated rings. The highest BCUT2D eigenvalue weighted by molar-refractivity contribution is 5.92. The number of nitrogens with zero attached hydrogens (tertiary/aromatic N) is 4. The van der Waals surface area contributed by atoms with Crippen molar-refractivity contribution >= 4 is 11.7 Å². The minimum atomic E-state index is 0.0165. The minimum Gasteiger partial charge on any atom is -0.376 e. The number of carbonyl (C=O) groups excluding carboxylic acids is 1. The van der Waals surface area contributed by atoms with Gasteiger partial charge in [-0.1, -0.05) is 0 Å². The quantitative estimate of drug-likeness (QED) is 0.841. The molecule has 2 aromatic rings. The topological polar surface area (TPSA) is 107 Å². The Morgan fingerprint density at radius 3 is 2.75 bits per heavy atom. The average Bonchev–Trinajstić information content (AvgIpc) is 3.37. The van der Waals surface area contributed by atoms with E-state index in [4.69, 9.17) is 10.00 Å². The average molecular weight is 380 g/mol. The predicted molar refractivity (Wildman–Crippen MR) is 103 cm³/mol. The Hall–Kier alpha value is -2.92. The summed E-state index contributed by atoms with van der Waals surface area (Å²) in [5.74, 6) is 1.94. The number of carbonyl (C=O) groups is 1. The SMILES string of the molecule is Cc1ncc(C(=O)N2CCC([C@@H]3OCC[C@H]3Nc3ccc(C#N)cn3)CC2)[nH]1. The van der Waals surface area contributed by atoms with E-state index in [1.165, 1.54) is 0 Å². The number of likely N-dealkylation sites (tertiary alicyclic amines) is 1. The third-order valence-corrected chi connectivity index (χ3v) is 5.59. The van der Waals surface area contributed by atoms with Crippen molar-refractivity contribution in [3.05, 3.63) is 41.6 Å². The molecule has 2 aliphatic rings. The summed E-state index contributed by atoms with van der Waals surface area (Å²) in [5.41, 5.74) is 1.11. The Bertz CT molecular complexity index is 864. The largest absolute Gasteiger partial charge is 0.376 e. The third-order valence-electron chi connectivity index (χ3n) is 5.59. The molecule has 0 saturated carbocycles. The molecule has 2 atom stereocenters. The molecule has 2 N–H and O–H groups in total. The second-order valence-corrected chi connectivity index (χ2v) is 7.43. The van der Waals surface area contributed by atoms with Gasteiger partial charge in [0, 0.05) is 25.9 Å². The fourth-order valence-corrected chi connectivity index (χ4v) is 4.10. The van der Waals surface area contributed by atoms with Crippen LogP contribution in [0.1, 0.15) is 41.1 Å². The molecule has 8 nitrogen and oxygen atoms in total. The van der Waals surface area contributed by atoms with Gasteiger partial charge in [0.1, 0.15) is 23.4 Å². The number of aryl methyl sites for hydroxylation is 1. The number of H-pyrrole nitrogens is 1. The molecule has 1 amide bonds. The van der Waals surface area contributed by atoms with Crippen LogP contribution >= 0.6 is 0 Å². The summed E-state index contributed by atoms with van der Waals surface area (Å²) in [6, 6.07) is 5.88. The molecule has 0 radical (unpaired) electrons. The number of hydrogen-bond donors (Lipinski definition) is 2. The van der Waals surface area contributed by atoms with Crippen molar-refractivity contribution < 1.29 is 9.53 Å². The number of aromatic nitrogens is 3. The molecule has 8 heteroatoms. The zero-order valence-corrected chi connectivity index (χ0v) is 15.9. The Morgan fingerprint density at radius 1 is 1.29 bits per heavy atom.